The maximum atomic E-state index is 12.7. The van der Waals surface area contributed by atoms with Gasteiger partial charge in [-0.2, -0.15) is 0 Å². The van der Waals surface area contributed by atoms with Crippen LogP contribution in [0.25, 0.3) is 15.9 Å². The summed E-state index contributed by atoms with van der Waals surface area (Å²) in [6.07, 6.45) is 0. The largest absolute Gasteiger partial charge is 0.497 e. The molecular formula is C22H22N4O4S2. The predicted octanol–water partition coefficient (Wildman–Crippen LogP) is 3.74. The van der Waals surface area contributed by atoms with E-state index < -0.39 is 5.25 Å². The quantitative estimate of drug-likeness (QED) is 0.286. The summed E-state index contributed by atoms with van der Waals surface area (Å²) < 4.78 is 14.9. The van der Waals surface area contributed by atoms with E-state index >= 15 is 0 Å². The van der Waals surface area contributed by atoms with Gasteiger partial charge in [0, 0.05) is 5.69 Å². The number of thiazole rings is 1. The number of benzene rings is 2. The van der Waals surface area contributed by atoms with Crippen molar-refractivity contribution < 1.29 is 14.3 Å². The molecule has 2 heterocycles. The first kappa shape index (κ1) is 22.1. The highest BCUT2D eigenvalue weighted by molar-refractivity contribution is 8.00. The summed E-state index contributed by atoms with van der Waals surface area (Å²) in [6, 6.07) is 15.1. The lowest BCUT2D eigenvalue weighted by atomic mass is 10.3. The first-order valence-electron chi connectivity index (χ1n) is 10.0. The Balaban J connectivity index is 1.76. The summed E-state index contributed by atoms with van der Waals surface area (Å²) in [5.74, 6) is 0.986. The molecule has 0 aliphatic rings. The lowest BCUT2D eigenvalue weighted by Crippen LogP contribution is -2.18. The van der Waals surface area contributed by atoms with Crippen molar-refractivity contribution in [3.05, 3.63) is 64.0 Å². The van der Waals surface area contributed by atoms with Gasteiger partial charge in [-0.1, -0.05) is 35.2 Å². The van der Waals surface area contributed by atoms with Crippen molar-refractivity contribution >= 4 is 39.3 Å². The second-order valence-electron chi connectivity index (χ2n) is 6.87. The van der Waals surface area contributed by atoms with E-state index in [1.165, 1.54) is 23.1 Å². The van der Waals surface area contributed by atoms with Crippen molar-refractivity contribution in [3.8, 4) is 11.4 Å². The van der Waals surface area contributed by atoms with Crippen LogP contribution in [0.4, 0.5) is 0 Å². The molecule has 0 amide bonds. The highest BCUT2D eigenvalue weighted by Crippen LogP contribution is 2.28. The summed E-state index contributed by atoms with van der Waals surface area (Å²) in [4.78, 5) is 24.8. The minimum Gasteiger partial charge on any atom is -0.497 e. The topological polar surface area (TPSA) is 88.2 Å². The molecule has 0 spiro atoms. The molecule has 4 rings (SSSR count). The molecule has 0 bridgehead atoms. The average Bonchev–Trinajstić information content (AvgIpc) is 3.34. The third-order valence-electron chi connectivity index (χ3n) is 4.80. The molecule has 2 aromatic heterocycles. The lowest BCUT2D eigenvalue weighted by molar-refractivity contribution is -0.142. The van der Waals surface area contributed by atoms with Crippen molar-refractivity contribution in [1.29, 1.82) is 0 Å². The van der Waals surface area contributed by atoms with Crippen LogP contribution in [0, 0.1) is 0 Å². The Labute approximate surface area is 192 Å². The van der Waals surface area contributed by atoms with Gasteiger partial charge in [-0.25, -0.2) is 0 Å². The summed E-state index contributed by atoms with van der Waals surface area (Å²) in [5, 5.41) is 8.78. The fraction of sp³-hybridized carbons (Fsp3) is 0.273. The van der Waals surface area contributed by atoms with E-state index in [9.17, 15) is 9.59 Å². The van der Waals surface area contributed by atoms with E-state index in [4.69, 9.17) is 9.47 Å². The smallest absolute Gasteiger partial charge is 0.319 e. The van der Waals surface area contributed by atoms with Crippen LogP contribution in [0.5, 0.6) is 5.75 Å². The van der Waals surface area contributed by atoms with Crippen molar-refractivity contribution in [2.45, 2.75) is 30.8 Å². The molecular weight excluding hydrogens is 448 g/mol. The molecule has 1 unspecified atom stereocenters. The first-order valence-corrected chi connectivity index (χ1v) is 11.7. The Morgan fingerprint density at radius 2 is 1.91 bits per heavy atom. The third kappa shape index (κ3) is 4.42. The van der Waals surface area contributed by atoms with Gasteiger partial charge in [-0.05, 0) is 50.2 Å². The Morgan fingerprint density at radius 1 is 1.16 bits per heavy atom. The Bertz CT molecular complexity index is 1290. The fourth-order valence-electron chi connectivity index (χ4n) is 3.24. The number of hydrogen-bond donors (Lipinski definition) is 0. The number of carbonyl (C=O) groups excluding carboxylic acids is 1. The van der Waals surface area contributed by atoms with Gasteiger partial charge < -0.3 is 9.47 Å². The maximum Gasteiger partial charge on any atom is 0.319 e. The number of para-hydroxylation sites is 1. The molecule has 1 atom stereocenters. The molecule has 8 nitrogen and oxygen atoms in total. The minimum absolute atomic E-state index is 0.0652. The number of ether oxygens (including phenoxy) is 2. The van der Waals surface area contributed by atoms with Crippen LogP contribution >= 0.6 is 23.1 Å². The van der Waals surface area contributed by atoms with Gasteiger partial charge in [0.05, 0.1) is 30.5 Å². The maximum absolute atomic E-state index is 12.7. The van der Waals surface area contributed by atoms with Crippen LogP contribution in [0.15, 0.2) is 58.5 Å². The average molecular weight is 471 g/mol. The second kappa shape index (κ2) is 9.58. The van der Waals surface area contributed by atoms with Crippen LogP contribution in [0.1, 0.15) is 19.7 Å². The van der Waals surface area contributed by atoms with Gasteiger partial charge >= 0.3 is 10.8 Å². The van der Waals surface area contributed by atoms with Crippen molar-refractivity contribution in [1.82, 2.24) is 19.3 Å². The number of aromatic nitrogens is 4. The molecule has 0 N–H and O–H groups in total. The van der Waals surface area contributed by atoms with Gasteiger partial charge in [-0.15, -0.1) is 10.2 Å². The molecule has 0 aliphatic carbocycles. The Kier molecular flexibility index (Phi) is 6.61. The number of esters is 1. The van der Waals surface area contributed by atoms with Crippen LogP contribution in [0.2, 0.25) is 0 Å². The third-order valence-corrected chi connectivity index (χ3v) is 6.79. The van der Waals surface area contributed by atoms with Gasteiger partial charge in [0.2, 0.25) is 0 Å². The van der Waals surface area contributed by atoms with Gasteiger partial charge in [0.15, 0.2) is 11.0 Å². The summed E-state index contributed by atoms with van der Waals surface area (Å²) >= 11 is 2.46. The molecule has 10 heteroatoms. The molecule has 0 saturated carbocycles. The normalized spacial score (nSPS) is 12.1. The molecule has 2 aromatic carbocycles. The summed E-state index contributed by atoms with van der Waals surface area (Å²) in [5.41, 5.74) is 1.65. The predicted molar refractivity (Wildman–Crippen MR) is 125 cm³/mol. The zero-order chi connectivity index (χ0) is 22.7. The standard InChI is InChI=1S/C22H22N4O4S2/c1-4-30-20(27)14(2)31-21-24-23-19(26(21)15-9-11-16(29-3)12-10-15)13-25-17-7-5-6-8-18(17)32-22(25)28/h5-12,14H,4,13H2,1-3H3. The summed E-state index contributed by atoms with van der Waals surface area (Å²) in [7, 11) is 1.61. The zero-order valence-corrected chi connectivity index (χ0v) is 19.5. The SMILES string of the molecule is CCOC(=O)C(C)Sc1nnc(Cn2c(=O)sc3ccccc32)n1-c1ccc(OC)cc1. The van der Waals surface area contributed by atoms with E-state index in [1.54, 1.807) is 25.5 Å². The van der Waals surface area contributed by atoms with Gasteiger partial charge in [0.25, 0.3) is 0 Å². The number of nitrogens with zero attached hydrogens (tertiary/aromatic N) is 4. The Morgan fingerprint density at radius 3 is 2.62 bits per heavy atom. The van der Waals surface area contributed by atoms with Crippen LogP contribution in [0.3, 0.4) is 0 Å². The van der Waals surface area contributed by atoms with E-state index in [0.29, 0.717) is 17.6 Å². The summed E-state index contributed by atoms with van der Waals surface area (Å²) in [6.45, 7) is 4.10. The van der Waals surface area contributed by atoms with Gasteiger partial charge in [0.1, 0.15) is 11.0 Å². The molecule has 166 valence electrons. The molecule has 0 saturated heterocycles. The lowest BCUT2D eigenvalue weighted by Gasteiger charge is -2.14. The molecule has 0 radical (unpaired) electrons. The number of rotatable bonds is 8. The van der Waals surface area contributed by atoms with Crippen molar-refractivity contribution in [2.75, 3.05) is 13.7 Å². The van der Waals surface area contributed by atoms with Crippen LogP contribution in [-0.2, 0) is 16.1 Å². The number of methoxy groups -OCH3 is 1. The number of thioether (sulfide) groups is 1. The highest BCUT2D eigenvalue weighted by Gasteiger charge is 2.23. The molecule has 0 aliphatic heterocycles. The van der Waals surface area contributed by atoms with E-state index in [1.807, 2.05) is 53.1 Å². The number of hydrogen-bond acceptors (Lipinski definition) is 8. The monoisotopic (exact) mass is 470 g/mol. The van der Waals surface area contributed by atoms with E-state index in [2.05, 4.69) is 10.2 Å². The molecule has 32 heavy (non-hydrogen) atoms. The number of carbonyl (C=O) groups is 1. The van der Waals surface area contributed by atoms with Crippen LogP contribution < -0.4 is 9.61 Å². The van der Waals surface area contributed by atoms with E-state index in [-0.39, 0.29) is 17.4 Å². The molecule has 4 aromatic rings. The Hall–Kier alpha value is -3.11. The van der Waals surface area contributed by atoms with Crippen molar-refractivity contribution in [2.24, 2.45) is 0 Å². The highest BCUT2D eigenvalue weighted by atomic mass is 32.2. The first-order chi connectivity index (χ1) is 15.5. The number of fused-ring (bicyclic) bond motifs is 1. The van der Waals surface area contributed by atoms with E-state index in [0.717, 1.165) is 21.7 Å². The second-order valence-corrected chi connectivity index (χ2v) is 9.17. The molecule has 0 fully saturated rings. The van der Waals surface area contributed by atoms with Crippen molar-refractivity contribution in [3.63, 3.8) is 0 Å². The van der Waals surface area contributed by atoms with Crippen LogP contribution in [-0.4, -0.2) is 44.3 Å². The zero-order valence-electron chi connectivity index (χ0n) is 17.8. The fourth-order valence-corrected chi connectivity index (χ4v) is 5.02. The van der Waals surface area contributed by atoms with Gasteiger partial charge in [-0.3, -0.25) is 18.7 Å². The minimum atomic E-state index is -0.464.